The van der Waals surface area contributed by atoms with Crippen LogP contribution in [-0.4, -0.2) is 9.55 Å². The van der Waals surface area contributed by atoms with Crippen LogP contribution >= 0.6 is 0 Å². The molecule has 0 saturated carbocycles. The first-order valence-electron chi connectivity index (χ1n) is 12.1. The van der Waals surface area contributed by atoms with E-state index in [1.807, 2.05) is 12.4 Å². The van der Waals surface area contributed by atoms with Gasteiger partial charge >= 0.3 is 0 Å². The van der Waals surface area contributed by atoms with Gasteiger partial charge in [0.2, 0.25) is 0 Å². The second-order valence-electron chi connectivity index (χ2n) is 9.76. The van der Waals surface area contributed by atoms with Gasteiger partial charge in [0.15, 0.2) is 0 Å². The number of rotatable bonds is 2. The Morgan fingerprint density at radius 1 is 0.600 bits per heavy atom. The molecule has 168 valence electrons. The first kappa shape index (κ1) is 20.0. The molecule has 1 aliphatic rings. The Balaban J connectivity index is 1.49. The lowest BCUT2D eigenvalue weighted by Crippen LogP contribution is -2.30. The van der Waals surface area contributed by atoms with E-state index in [1.165, 1.54) is 38.6 Å². The summed E-state index contributed by atoms with van der Waals surface area (Å²) in [7, 11) is 0. The largest absolute Gasteiger partial charge is 0.309 e. The van der Waals surface area contributed by atoms with E-state index in [9.17, 15) is 0 Å². The molecule has 0 bridgehead atoms. The van der Waals surface area contributed by atoms with Crippen LogP contribution in [0.25, 0.3) is 27.5 Å². The summed E-state index contributed by atoms with van der Waals surface area (Å²) in [5.41, 5.74) is 9.55. The summed E-state index contributed by atoms with van der Waals surface area (Å²) in [6.45, 7) is 4.60. The van der Waals surface area contributed by atoms with Crippen LogP contribution in [0.3, 0.4) is 0 Å². The fraction of sp³-hybridized carbons (Fsp3) is 0.0938. The molecule has 0 radical (unpaired) electrons. The highest BCUT2D eigenvalue weighted by molar-refractivity contribution is 6.09. The van der Waals surface area contributed by atoms with Gasteiger partial charge in [-0.3, -0.25) is 4.98 Å². The zero-order valence-electron chi connectivity index (χ0n) is 19.8. The van der Waals surface area contributed by atoms with E-state index in [-0.39, 0.29) is 5.41 Å². The Morgan fingerprint density at radius 2 is 1.23 bits per heavy atom. The molecule has 0 amide bonds. The van der Waals surface area contributed by atoms with Gasteiger partial charge in [0.05, 0.1) is 28.6 Å². The summed E-state index contributed by atoms with van der Waals surface area (Å²) in [4.78, 5) is 6.88. The zero-order valence-corrected chi connectivity index (χ0v) is 19.8. The fourth-order valence-corrected chi connectivity index (χ4v) is 5.81. The third-order valence-electron chi connectivity index (χ3n) is 7.46. The quantitative estimate of drug-likeness (QED) is 0.264. The molecule has 3 heterocycles. The molecule has 0 spiro atoms. The minimum absolute atomic E-state index is 0.101. The van der Waals surface area contributed by atoms with Gasteiger partial charge in [-0.1, -0.05) is 74.5 Å². The summed E-state index contributed by atoms with van der Waals surface area (Å²) in [5.74, 6) is 0. The van der Waals surface area contributed by atoms with Crippen LogP contribution in [-0.2, 0) is 5.41 Å². The lowest BCUT2D eigenvalue weighted by Gasteiger charge is -2.41. The highest BCUT2D eigenvalue weighted by Gasteiger charge is 2.36. The third-order valence-corrected chi connectivity index (χ3v) is 7.46. The van der Waals surface area contributed by atoms with Crippen LogP contribution in [0.1, 0.15) is 25.0 Å². The maximum atomic E-state index is 4.52. The van der Waals surface area contributed by atoms with E-state index < -0.39 is 0 Å². The predicted molar refractivity (Wildman–Crippen MR) is 145 cm³/mol. The van der Waals surface area contributed by atoms with Crippen molar-refractivity contribution in [2.45, 2.75) is 19.3 Å². The molecule has 6 aromatic rings. The van der Waals surface area contributed by atoms with Crippen molar-refractivity contribution in [1.29, 1.82) is 0 Å². The lowest BCUT2D eigenvalue weighted by atomic mass is 9.74. The molecular weight excluding hydrogens is 426 g/mol. The number of anilines is 3. The van der Waals surface area contributed by atoms with Crippen LogP contribution in [0.15, 0.2) is 116 Å². The molecule has 0 fully saturated rings. The number of fused-ring (bicyclic) bond motifs is 5. The van der Waals surface area contributed by atoms with Crippen LogP contribution in [0.2, 0.25) is 0 Å². The zero-order chi connectivity index (χ0) is 23.6. The van der Waals surface area contributed by atoms with Gasteiger partial charge in [-0.15, -0.1) is 0 Å². The topological polar surface area (TPSA) is 21.1 Å². The van der Waals surface area contributed by atoms with E-state index in [1.54, 1.807) is 0 Å². The molecule has 2 aromatic heterocycles. The van der Waals surface area contributed by atoms with Gasteiger partial charge < -0.3 is 9.47 Å². The van der Waals surface area contributed by atoms with Gasteiger partial charge in [-0.05, 0) is 53.6 Å². The lowest BCUT2D eigenvalue weighted by molar-refractivity contribution is 0.630. The second kappa shape index (κ2) is 7.31. The van der Waals surface area contributed by atoms with E-state index >= 15 is 0 Å². The Kier molecular flexibility index (Phi) is 4.19. The van der Waals surface area contributed by atoms with Crippen molar-refractivity contribution in [1.82, 2.24) is 9.55 Å². The standard InChI is InChI=1S/C32H25N3/c1-32(2)26-14-5-8-17-30(26)35(31-21-33-19-18-27(31)32)23-11-9-10-22(20-23)34-28-15-6-3-12-24(28)25-13-4-7-16-29(25)34/h3-21H,1-2H3. The highest BCUT2D eigenvalue weighted by Crippen LogP contribution is 2.51. The molecule has 0 aliphatic carbocycles. The minimum Gasteiger partial charge on any atom is -0.309 e. The van der Waals surface area contributed by atoms with Gasteiger partial charge in [-0.25, -0.2) is 0 Å². The number of hydrogen-bond acceptors (Lipinski definition) is 2. The highest BCUT2D eigenvalue weighted by atomic mass is 15.2. The fourth-order valence-electron chi connectivity index (χ4n) is 5.81. The van der Waals surface area contributed by atoms with Gasteiger partial charge in [0, 0.05) is 33.8 Å². The predicted octanol–water partition coefficient (Wildman–Crippen LogP) is 8.29. The third kappa shape index (κ3) is 2.82. The van der Waals surface area contributed by atoms with Gasteiger partial charge in [0.1, 0.15) is 0 Å². The van der Waals surface area contributed by atoms with Gasteiger partial charge in [-0.2, -0.15) is 0 Å². The summed E-state index contributed by atoms with van der Waals surface area (Å²) >= 11 is 0. The van der Waals surface area contributed by atoms with Crippen molar-refractivity contribution in [2.24, 2.45) is 0 Å². The number of pyridine rings is 1. The summed E-state index contributed by atoms with van der Waals surface area (Å²) in [5, 5.41) is 2.54. The van der Waals surface area contributed by atoms with E-state index in [2.05, 4.69) is 131 Å². The Morgan fingerprint density at radius 3 is 2.00 bits per heavy atom. The summed E-state index contributed by atoms with van der Waals surface area (Å²) in [6, 6.07) is 37.1. The van der Waals surface area contributed by atoms with Crippen molar-refractivity contribution in [3.63, 3.8) is 0 Å². The molecule has 0 unspecified atom stereocenters. The van der Waals surface area contributed by atoms with Crippen molar-refractivity contribution in [2.75, 3.05) is 4.90 Å². The molecule has 7 rings (SSSR count). The molecule has 3 heteroatoms. The number of nitrogens with zero attached hydrogens (tertiary/aromatic N) is 3. The molecule has 35 heavy (non-hydrogen) atoms. The monoisotopic (exact) mass is 451 g/mol. The van der Waals surface area contributed by atoms with E-state index in [0.717, 1.165) is 17.1 Å². The van der Waals surface area contributed by atoms with Crippen LogP contribution in [0.5, 0.6) is 0 Å². The van der Waals surface area contributed by atoms with Crippen molar-refractivity contribution in [3.05, 3.63) is 127 Å². The Bertz CT molecular complexity index is 1640. The molecule has 0 atom stereocenters. The number of aromatic nitrogens is 2. The molecule has 4 aromatic carbocycles. The van der Waals surface area contributed by atoms with Crippen molar-refractivity contribution >= 4 is 38.9 Å². The average molecular weight is 452 g/mol. The van der Waals surface area contributed by atoms with Crippen molar-refractivity contribution < 1.29 is 0 Å². The maximum Gasteiger partial charge on any atom is 0.0685 e. The molecule has 1 aliphatic heterocycles. The van der Waals surface area contributed by atoms with Crippen molar-refractivity contribution in [3.8, 4) is 5.69 Å². The smallest absolute Gasteiger partial charge is 0.0685 e. The van der Waals surface area contributed by atoms with Crippen LogP contribution in [0.4, 0.5) is 17.1 Å². The summed E-state index contributed by atoms with van der Waals surface area (Å²) in [6.07, 6.45) is 3.90. The average Bonchev–Trinajstić information content (AvgIpc) is 3.24. The Hall–Kier alpha value is -4.37. The molecule has 3 nitrogen and oxygen atoms in total. The first-order valence-corrected chi connectivity index (χ1v) is 12.1. The summed E-state index contributed by atoms with van der Waals surface area (Å²) < 4.78 is 2.37. The SMILES string of the molecule is CC1(C)c2ccccc2N(c2cccc(-n3c4ccccc4c4ccccc43)c2)c2cnccc21. The van der Waals surface area contributed by atoms with Crippen LogP contribution < -0.4 is 4.90 Å². The van der Waals surface area contributed by atoms with Crippen LogP contribution in [0, 0.1) is 0 Å². The van der Waals surface area contributed by atoms with E-state index in [0.29, 0.717) is 0 Å². The maximum absolute atomic E-state index is 4.52. The minimum atomic E-state index is -0.101. The normalized spacial score (nSPS) is 14.2. The molecule has 0 N–H and O–H groups in total. The number of hydrogen-bond donors (Lipinski definition) is 0. The van der Waals surface area contributed by atoms with E-state index in [4.69, 9.17) is 0 Å². The second-order valence-corrected chi connectivity index (χ2v) is 9.76. The van der Waals surface area contributed by atoms with Gasteiger partial charge in [0.25, 0.3) is 0 Å². The number of benzene rings is 4. The molecular formula is C32H25N3. The number of para-hydroxylation sites is 3. The first-order chi connectivity index (χ1) is 17.1. The molecule has 0 saturated heterocycles. The Labute approximate surface area is 204 Å².